The molecule has 1 aliphatic rings. The highest BCUT2D eigenvalue weighted by molar-refractivity contribution is 7.17. The van der Waals surface area contributed by atoms with Crippen LogP contribution in [-0.2, 0) is 4.74 Å². The number of hydrogen-bond acceptors (Lipinski definition) is 6. The van der Waals surface area contributed by atoms with E-state index >= 15 is 0 Å². The Kier molecular flexibility index (Phi) is 4.44. The summed E-state index contributed by atoms with van der Waals surface area (Å²) in [5.74, 6) is 0.598. The topological polar surface area (TPSA) is 68.2 Å². The largest absolute Gasteiger partial charge is 0.383 e. The lowest BCUT2D eigenvalue weighted by Crippen LogP contribution is -2.35. The summed E-state index contributed by atoms with van der Waals surface area (Å²) in [4.78, 5) is 28.2. The first-order chi connectivity index (χ1) is 10.7. The molecule has 116 valence electrons. The van der Waals surface area contributed by atoms with Crippen molar-refractivity contribution in [3.63, 3.8) is 0 Å². The first-order valence-electron chi connectivity index (χ1n) is 7.25. The van der Waals surface area contributed by atoms with Gasteiger partial charge in [-0.2, -0.15) is 0 Å². The molecule has 22 heavy (non-hydrogen) atoms. The van der Waals surface area contributed by atoms with Gasteiger partial charge in [-0.15, -0.1) is 11.3 Å². The number of nitrogens with zero attached hydrogens (tertiary/aromatic N) is 4. The van der Waals surface area contributed by atoms with Crippen molar-refractivity contribution in [2.24, 2.45) is 0 Å². The van der Waals surface area contributed by atoms with E-state index < -0.39 is 0 Å². The summed E-state index contributed by atoms with van der Waals surface area (Å²) in [6, 6.07) is 2.11. The first kappa shape index (κ1) is 15.1. The minimum Gasteiger partial charge on any atom is -0.383 e. The van der Waals surface area contributed by atoms with Crippen LogP contribution in [0.3, 0.4) is 0 Å². The molecule has 2 aromatic rings. The highest BCUT2D eigenvalue weighted by Gasteiger charge is 2.34. The molecule has 1 amide bonds. The van der Waals surface area contributed by atoms with E-state index in [-0.39, 0.29) is 5.91 Å². The fourth-order valence-corrected chi connectivity index (χ4v) is 3.23. The summed E-state index contributed by atoms with van der Waals surface area (Å²) >= 11 is 1.36. The van der Waals surface area contributed by atoms with Gasteiger partial charge in [-0.25, -0.2) is 15.0 Å². The molecular weight excluding hydrogens is 300 g/mol. The van der Waals surface area contributed by atoms with Gasteiger partial charge >= 0.3 is 0 Å². The summed E-state index contributed by atoms with van der Waals surface area (Å²) in [5.41, 5.74) is 0.737. The Hall–Kier alpha value is -1.86. The molecule has 0 aromatic carbocycles. The van der Waals surface area contributed by atoms with E-state index in [4.69, 9.17) is 4.74 Å². The van der Waals surface area contributed by atoms with Gasteiger partial charge in [0.1, 0.15) is 4.88 Å². The SMILES string of the molecule is COCCN(C(=O)c1sc(-c2ncccn2)nc1C)C1CC1. The van der Waals surface area contributed by atoms with Crippen molar-refractivity contribution in [3.8, 4) is 10.8 Å². The van der Waals surface area contributed by atoms with Gasteiger partial charge < -0.3 is 9.64 Å². The van der Waals surface area contributed by atoms with E-state index in [0.717, 1.165) is 18.5 Å². The van der Waals surface area contributed by atoms with Crippen molar-refractivity contribution in [2.45, 2.75) is 25.8 Å². The van der Waals surface area contributed by atoms with Crippen molar-refractivity contribution in [3.05, 3.63) is 29.0 Å². The summed E-state index contributed by atoms with van der Waals surface area (Å²) in [6.07, 6.45) is 5.50. The summed E-state index contributed by atoms with van der Waals surface area (Å²) in [7, 11) is 1.65. The van der Waals surface area contributed by atoms with Crippen LogP contribution in [0.1, 0.15) is 28.2 Å². The van der Waals surface area contributed by atoms with E-state index in [9.17, 15) is 4.79 Å². The number of methoxy groups -OCH3 is 1. The summed E-state index contributed by atoms with van der Waals surface area (Å²) in [6.45, 7) is 3.03. The Labute approximate surface area is 133 Å². The molecule has 1 aliphatic carbocycles. The molecule has 0 radical (unpaired) electrons. The van der Waals surface area contributed by atoms with Crippen molar-refractivity contribution in [2.75, 3.05) is 20.3 Å². The van der Waals surface area contributed by atoms with Gasteiger partial charge in [-0.1, -0.05) is 0 Å². The lowest BCUT2D eigenvalue weighted by Gasteiger charge is -2.21. The zero-order valence-electron chi connectivity index (χ0n) is 12.7. The lowest BCUT2D eigenvalue weighted by molar-refractivity contribution is 0.0684. The molecule has 0 saturated heterocycles. The third kappa shape index (κ3) is 3.15. The molecule has 0 N–H and O–H groups in total. The van der Waals surface area contributed by atoms with Gasteiger partial charge in [0.25, 0.3) is 5.91 Å². The molecule has 0 bridgehead atoms. The maximum absolute atomic E-state index is 12.8. The number of aryl methyl sites for hydroxylation is 1. The maximum atomic E-state index is 12.8. The van der Waals surface area contributed by atoms with Crippen LogP contribution in [0, 0.1) is 6.92 Å². The monoisotopic (exact) mass is 318 g/mol. The second-order valence-electron chi connectivity index (χ2n) is 5.23. The molecular formula is C15H18N4O2S. The van der Waals surface area contributed by atoms with Crippen molar-refractivity contribution < 1.29 is 9.53 Å². The van der Waals surface area contributed by atoms with Gasteiger partial charge in [0.2, 0.25) is 0 Å². The van der Waals surface area contributed by atoms with Crippen LogP contribution in [0.5, 0.6) is 0 Å². The van der Waals surface area contributed by atoms with E-state index in [2.05, 4.69) is 15.0 Å². The summed E-state index contributed by atoms with van der Waals surface area (Å²) in [5, 5.41) is 0.684. The Morgan fingerprint density at radius 2 is 2.14 bits per heavy atom. The molecule has 1 saturated carbocycles. The third-order valence-corrected chi connectivity index (χ3v) is 4.67. The number of carbonyl (C=O) groups excluding carboxylic acids is 1. The molecule has 0 unspecified atom stereocenters. The number of thiazole rings is 1. The molecule has 1 fully saturated rings. The number of amides is 1. The van der Waals surface area contributed by atoms with Crippen LogP contribution < -0.4 is 0 Å². The van der Waals surface area contributed by atoms with Crippen LogP contribution >= 0.6 is 11.3 Å². The number of hydrogen-bond donors (Lipinski definition) is 0. The Morgan fingerprint density at radius 3 is 2.77 bits per heavy atom. The van der Waals surface area contributed by atoms with Crippen LogP contribution in [0.15, 0.2) is 18.5 Å². The van der Waals surface area contributed by atoms with Crippen molar-refractivity contribution >= 4 is 17.2 Å². The average Bonchev–Trinajstić information content (AvgIpc) is 3.30. The maximum Gasteiger partial charge on any atom is 0.266 e. The fraction of sp³-hybridized carbons (Fsp3) is 0.467. The molecule has 0 spiro atoms. The molecule has 2 aromatic heterocycles. The highest BCUT2D eigenvalue weighted by atomic mass is 32.1. The quantitative estimate of drug-likeness (QED) is 0.816. The standard InChI is InChI=1S/C15H18N4O2S/c1-10-12(15(20)19(8-9-21-2)11-4-5-11)22-14(18-10)13-16-6-3-7-17-13/h3,6-7,11H,4-5,8-9H2,1-2H3. The van der Waals surface area contributed by atoms with E-state index in [1.165, 1.54) is 11.3 Å². The second kappa shape index (κ2) is 6.50. The Bertz CT molecular complexity index is 655. The molecule has 6 nitrogen and oxygen atoms in total. The zero-order valence-corrected chi connectivity index (χ0v) is 13.5. The van der Waals surface area contributed by atoms with Crippen molar-refractivity contribution in [1.29, 1.82) is 0 Å². The predicted octanol–water partition coefficient (Wildman–Crippen LogP) is 2.16. The second-order valence-corrected chi connectivity index (χ2v) is 6.23. The number of rotatable bonds is 6. The smallest absolute Gasteiger partial charge is 0.266 e. The average molecular weight is 318 g/mol. The Morgan fingerprint density at radius 1 is 1.41 bits per heavy atom. The third-order valence-electron chi connectivity index (χ3n) is 3.53. The van der Waals surface area contributed by atoms with Crippen LogP contribution in [0.25, 0.3) is 10.8 Å². The molecule has 3 rings (SSSR count). The van der Waals surface area contributed by atoms with E-state index in [1.807, 2.05) is 11.8 Å². The van der Waals surface area contributed by atoms with Crippen LogP contribution in [0.2, 0.25) is 0 Å². The number of ether oxygens (including phenoxy) is 1. The lowest BCUT2D eigenvalue weighted by atomic mass is 10.3. The normalized spacial score (nSPS) is 14.1. The summed E-state index contributed by atoms with van der Waals surface area (Å²) < 4.78 is 5.11. The number of carbonyl (C=O) groups is 1. The van der Waals surface area contributed by atoms with Crippen LogP contribution in [0.4, 0.5) is 0 Å². The first-order valence-corrected chi connectivity index (χ1v) is 8.07. The van der Waals surface area contributed by atoms with Gasteiger partial charge in [0.05, 0.1) is 12.3 Å². The number of aromatic nitrogens is 3. The van der Waals surface area contributed by atoms with Gasteiger partial charge in [-0.3, -0.25) is 4.79 Å². The fourth-order valence-electron chi connectivity index (χ4n) is 2.26. The molecule has 0 atom stereocenters. The minimum absolute atomic E-state index is 0.0386. The molecule has 7 heteroatoms. The van der Waals surface area contributed by atoms with E-state index in [0.29, 0.717) is 34.9 Å². The Balaban J connectivity index is 1.84. The predicted molar refractivity (Wildman–Crippen MR) is 83.8 cm³/mol. The molecule has 2 heterocycles. The van der Waals surface area contributed by atoms with Gasteiger partial charge in [-0.05, 0) is 25.8 Å². The van der Waals surface area contributed by atoms with E-state index in [1.54, 1.807) is 25.6 Å². The van der Waals surface area contributed by atoms with Gasteiger partial charge in [0, 0.05) is 32.1 Å². The highest BCUT2D eigenvalue weighted by Crippen LogP contribution is 2.31. The zero-order chi connectivity index (χ0) is 15.5. The van der Waals surface area contributed by atoms with Gasteiger partial charge in [0.15, 0.2) is 10.8 Å². The molecule has 0 aliphatic heterocycles. The van der Waals surface area contributed by atoms with Crippen molar-refractivity contribution in [1.82, 2.24) is 19.9 Å². The van der Waals surface area contributed by atoms with Crippen LogP contribution in [-0.4, -0.2) is 52.1 Å². The minimum atomic E-state index is 0.0386.